The standard InChI is InChI=1S/C11H13NO/c1-9-7-11(13)8-12(9)10-5-3-2-4-6-10/h2-6,9H,7-8H2,1H3. The van der Waals surface area contributed by atoms with E-state index < -0.39 is 0 Å². The van der Waals surface area contributed by atoms with Gasteiger partial charge in [0.15, 0.2) is 5.78 Å². The van der Waals surface area contributed by atoms with Crippen LogP contribution < -0.4 is 4.90 Å². The lowest BCUT2D eigenvalue weighted by Gasteiger charge is -2.22. The van der Waals surface area contributed by atoms with Gasteiger partial charge < -0.3 is 4.90 Å². The van der Waals surface area contributed by atoms with Crippen LogP contribution in [0.4, 0.5) is 5.69 Å². The Morgan fingerprint density at radius 2 is 2.00 bits per heavy atom. The Morgan fingerprint density at radius 3 is 2.54 bits per heavy atom. The van der Waals surface area contributed by atoms with Gasteiger partial charge in [0.2, 0.25) is 0 Å². The molecule has 68 valence electrons. The number of nitrogens with zero attached hydrogens (tertiary/aromatic N) is 1. The summed E-state index contributed by atoms with van der Waals surface area (Å²) in [6, 6.07) is 10.5. The van der Waals surface area contributed by atoms with Gasteiger partial charge in [-0.1, -0.05) is 18.2 Å². The summed E-state index contributed by atoms with van der Waals surface area (Å²) in [5, 5.41) is 0. The highest BCUT2D eigenvalue weighted by Gasteiger charge is 2.26. The number of ketones is 1. The Bertz CT molecular complexity index is 307. The van der Waals surface area contributed by atoms with Crippen molar-refractivity contribution in [1.29, 1.82) is 0 Å². The van der Waals surface area contributed by atoms with Crippen LogP contribution in [0, 0.1) is 0 Å². The van der Waals surface area contributed by atoms with Gasteiger partial charge in [0, 0.05) is 18.2 Å². The Morgan fingerprint density at radius 1 is 1.31 bits per heavy atom. The van der Waals surface area contributed by atoms with Gasteiger partial charge in [0.05, 0.1) is 6.54 Å². The topological polar surface area (TPSA) is 20.3 Å². The summed E-state index contributed by atoms with van der Waals surface area (Å²) in [4.78, 5) is 13.4. The van der Waals surface area contributed by atoms with Crippen LogP contribution in [-0.2, 0) is 4.79 Å². The molecule has 2 nitrogen and oxygen atoms in total. The number of hydrogen-bond donors (Lipinski definition) is 0. The second-order valence-corrected chi connectivity index (χ2v) is 3.56. The Balaban J connectivity index is 2.23. The van der Waals surface area contributed by atoms with E-state index in [4.69, 9.17) is 0 Å². The summed E-state index contributed by atoms with van der Waals surface area (Å²) in [5.41, 5.74) is 1.15. The van der Waals surface area contributed by atoms with Gasteiger partial charge in [-0.05, 0) is 19.1 Å². The van der Waals surface area contributed by atoms with Crippen LogP contribution in [0.15, 0.2) is 30.3 Å². The molecular weight excluding hydrogens is 162 g/mol. The number of para-hydroxylation sites is 1. The Kier molecular flexibility index (Phi) is 2.05. The SMILES string of the molecule is CC1CC(=O)CN1c1ccccc1. The van der Waals surface area contributed by atoms with Crippen LogP contribution in [0.25, 0.3) is 0 Å². The van der Waals surface area contributed by atoms with Crippen LogP contribution in [0.3, 0.4) is 0 Å². The van der Waals surface area contributed by atoms with Crippen LogP contribution in [-0.4, -0.2) is 18.4 Å². The van der Waals surface area contributed by atoms with Crippen molar-refractivity contribution in [2.24, 2.45) is 0 Å². The molecule has 0 radical (unpaired) electrons. The largest absolute Gasteiger partial charge is 0.361 e. The minimum atomic E-state index is 0.344. The lowest BCUT2D eigenvalue weighted by atomic mass is 10.2. The number of anilines is 1. The van der Waals surface area contributed by atoms with E-state index in [2.05, 4.69) is 24.0 Å². The van der Waals surface area contributed by atoms with Crippen LogP contribution in [0.5, 0.6) is 0 Å². The zero-order chi connectivity index (χ0) is 9.26. The van der Waals surface area contributed by atoms with Crippen LogP contribution in [0.2, 0.25) is 0 Å². The third kappa shape index (κ3) is 1.57. The minimum Gasteiger partial charge on any atom is -0.361 e. The molecule has 2 rings (SSSR count). The van der Waals surface area contributed by atoms with Gasteiger partial charge in [-0.2, -0.15) is 0 Å². The minimum absolute atomic E-state index is 0.344. The first-order valence-electron chi connectivity index (χ1n) is 4.61. The third-order valence-electron chi connectivity index (χ3n) is 2.49. The predicted molar refractivity (Wildman–Crippen MR) is 52.9 cm³/mol. The highest BCUT2D eigenvalue weighted by Crippen LogP contribution is 2.22. The monoisotopic (exact) mass is 175 g/mol. The van der Waals surface area contributed by atoms with Gasteiger partial charge in [-0.15, -0.1) is 0 Å². The van der Waals surface area contributed by atoms with Crippen molar-refractivity contribution in [2.45, 2.75) is 19.4 Å². The molecule has 0 bridgehead atoms. The summed E-state index contributed by atoms with van der Waals surface area (Å²) >= 11 is 0. The molecule has 1 aromatic rings. The van der Waals surface area contributed by atoms with Crippen LogP contribution >= 0.6 is 0 Å². The molecular formula is C11H13NO. The molecule has 1 atom stereocenters. The summed E-state index contributed by atoms with van der Waals surface area (Å²) in [7, 11) is 0. The highest BCUT2D eigenvalue weighted by molar-refractivity contribution is 5.87. The molecule has 1 aliphatic heterocycles. The number of carbonyl (C=O) groups excluding carboxylic acids is 1. The molecule has 1 aliphatic rings. The maximum absolute atomic E-state index is 11.2. The highest BCUT2D eigenvalue weighted by atomic mass is 16.1. The fourth-order valence-electron chi connectivity index (χ4n) is 1.82. The molecule has 13 heavy (non-hydrogen) atoms. The number of benzene rings is 1. The van der Waals surface area contributed by atoms with Crippen LogP contribution in [0.1, 0.15) is 13.3 Å². The molecule has 1 saturated heterocycles. The molecule has 0 amide bonds. The van der Waals surface area contributed by atoms with E-state index in [-0.39, 0.29) is 0 Å². The number of Topliss-reactive ketones (excluding diaryl/α,β-unsaturated/α-hetero) is 1. The van der Waals surface area contributed by atoms with Crippen molar-refractivity contribution in [2.75, 3.05) is 11.4 Å². The van der Waals surface area contributed by atoms with E-state index in [0.29, 0.717) is 24.8 Å². The summed E-state index contributed by atoms with van der Waals surface area (Å²) in [6.45, 7) is 2.67. The average Bonchev–Trinajstić information content (AvgIpc) is 2.47. The lowest BCUT2D eigenvalue weighted by molar-refractivity contribution is -0.116. The van der Waals surface area contributed by atoms with E-state index in [1.54, 1.807) is 0 Å². The quantitative estimate of drug-likeness (QED) is 0.649. The first-order valence-corrected chi connectivity index (χ1v) is 4.61. The Labute approximate surface area is 78.2 Å². The van der Waals surface area contributed by atoms with E-state index in [1.807, 2.05) is 18.2 Å². The summed E-state index contributed by atoms with van der Waals surface area (Å²) in [5.74, 6) is 0.344. The summed E-state index contributed by atoms with van der Waals surface area (Å²) in [6.07, 6.45) is 0.689. The fraction of sp³-hybridized carbons (Fsp3) is 0.364. The maximum Gasteiger partial charge on any atom is 0.154 e. The molecule has 0 aliphatic carbocycles. The second-order valence-electron chi connectivity index (χ2n) is 3.56. The smallest absolute Gasteiger partial charge is 0.154 e. The van der Waals surface area contributed by atoms with Crippen molar-refractivity contribution in [3.8, 4) is 0 Å². The van der Waals surface area contributed by atoms with Crippen molar-refractivity contribution in [3.05, 3.63) is 30.3 Å². The van der Waals surface area contributed by atoms with Gasteiger partial charge in [-0.25, -0.2) is 0 Å². The average molecular weight is 175 g/mol. The fourth-order valence-corrected chi connectivity index (χ4v) is 1.82. The molecule has 0 N–H and O–H groups in total. The van der Waals surface area contributed by atoms with Crippen molar-refractivity contribution in [3.63, 3.8) is 0 Å². The van der Waals surface area contributed by atoms with Gasteiger partial charge in [0.1, 0.15) is 0 Å². The number of hydrogen-bond acceptors (Lipinski definition) is 2. The first-order chi connectivity index (χ1) is 6.27. The molecule has 2 heteroatoms. The predicted octanol–water partition coefficient (Wildman–Crippen LogP) is 1.85. The van der Waals surface area contributed by atoms with E-state index in [0.717, 1.165) is 5.69 Å². The molecule has 0 spiro atoms. The van der Waals surface area contributed by atoms with Gasteiger partial charge in [-0.3, -0.25) is 4.79 Å². The van der Waals surface area contributed by atoms with E-state index >= 15 is 0 Å². The Hall–Kier alpha value is -1.31. The summed E-state index contributed by atoms with van der Waals surface area (Å²) < 4.78 is 0. The maximum atomic E-state index is 11.2. The molecule has 1 unspecified atom stereocenters. The normalized spacial score (nSPS) is 22.4. The van der Waals surface area contributed by atoms with E-state index in [1.165, 1.54) is 0 Å². The first kappa shape index (κ1) is 8.30. The van der Waals surface area contributed by atoms with Gasteiger partial charge in [0.25, 0.3) is 0 Å². The van der Waals surface area contributed by atoms with E-state index in [9.17, 15) is 4.79 Å². The van der Waals surface area contributed by atoms with Crippen molar-refractivity contribution < 1.29 is 4.79 Å². The molecule has 1 heterocycles. The molecule has 1 fully saturated rings. The van der Waals surface area contributed by atoms with Gasteiger partial charge >= 0.3 is 0 Å². The molecule has 0 saturated carbocycles. The zero-order valence-electron chi connectivity index (χ0n) is 7.73. The number of carbonyl (C=O) groups is 1. The number of rotatable bonds is 1. The zero-order valence-corrected chi connectivity index (χ0v) is 7.73. The van der Waals surface area contributed by atoms with Crippen molar-refractivity contribution in [1.82, 2.24) is 0 Å². The molecule has 1 aromatic carbocycles. The van der Waals surface area contributed by atoms with Crippen molar-refractivity contribution >= 4 is 11.5 Å². The third-order valence-corrected chi connectivity index (χ3v) is 2.49. The lowest BCUT2D eigenvalue weighted by Crippen LogP contribution is -2.26. The molecule has 0 aromatic heterocycles. The second kappa shape index (κ2) is 3.21.